The highest BCUT2D eigenvalue weighted by Crippen LogP contribution is 2.28. The summed E-state index contributed by atoms with van der Waals surface area (Å²) in [5.41, 5.74) is 13.8. The average Bonchev–Trinajstić information content (AvgIpc) is 2.97. The van der Waals surface area contributed by atoms with E-state index in [0.29, 0.717) is 42.2 Å². The van der Waals surface area contributed by atoms with Crippen LogP contribution < -0.4 is 21.5 Å². The van der Waals surface area contributed by atoms with Crippen molar-refractivity contribution in [3.05, 3.63) is 47.7 Å². The van der Waals surface area contributed by atoms with E-state index in [1.807, 2.05) is 25.7 Å². The van der Waals surface area contributed by atoms with Gasteiger partial charge in [-0.2, -0.15) is 18.4 Å². The van der Waals surface area contributed by atoms with Gasteiger partial charge in [0, 0.05) is 24.5 Å². The standard InChI is InChI=1S/C31H42F3N9O2/c1-21(2)44-29(37)27(19-39-26-6-4-11-43(12-5-7-26)13-10-31(32,33)34)42-30-40-17-25(18-41-30)23-8-9-24(15-35)28(14-23)45-22(3)16-38-20-36/h8-9,14,17-22,26H,4-7,10-13,16,37H2,1-3H3,(H2,36,38)(H,40,41,42)/b29-27-,39-19?/t22-/m0/s1. The maximum absolute atomic E-state index is 12.6. The zero-order valence-electron chi connectivity index (χ0n) is 25.9. The number of anilines is 1. The van der Waals surface area contributed by atoms with Gasteiger partial charge in [0.25, 0.3) is 0 Å². The van der Waals surface area contributed by atoms with Crippen molar-refractivity contribution in [3.63, 3.8) is 0 Å². The van der Waals surface area contributed by atoms with Crippen LogP contribution in [0.25, 0.3) is 11.1 Å². The molecule has 0 saturated carbocycles. The number of benzene rings is 1. The Balaban J connectivity index is 1.70. The molecule has 1 aromatic carbocycles. The molecule has 5 N–H and O–H groups in total. The van der Waals surface area contributed by atoms with Gasteiger partial charge in [0.1, 0.15) is 23.6 Å². The molecule has 1 fully saturated rings. The van der Waals surface area contributed by atoms with E-state index in [1.165, 1.54) is 6.34 Å². The van der Waals surface area contributed by atoms with Gasteiger partial charge >= 0.3 is 6.18 Å². The van der Waals surface area contributed by atoms with Crippen LogP contribution in [0, 0.1) is 11.3 Å². The molecule has 0 amide bonds. The quantitative estimate of drug-likeness (QED) is 0.157. The van der Waals surface area contributed by atoms with E-state index < -0.39 is 12.6 Å². The molecular formula is C31H42F3N9O2. The van der Waals surface area contributed by atoms with Gasteiger partial charge in [0.2, 0.25) is 11.8 Å². The SMILES string of the molecule is CC(C)O/C(N)=C(/C=NC1CCCN(CCC(F)(F)F)CCC1)Nc1ncc(-c2ccc(C#N)c(O[C@@H](C)CN=CN)c2)cn1. The fourth-order valence-corrected chi connectivity index (χ4v) is 4.69. The first-order valence-corrected chi connectivity index (χ1v) is 15.0. The Hall–Kier alpha value is -4.38. The Labute approximate surface area is 262 Å². The number of allylic oxidation sites excluding steroid dienone is 1. The van der Waals surface area contributed by atoms with Crippen LogP contribution in [-0.2, 0) is 4.74 Å². The third kappa shape index (κ3) is 12.3. The largest absolute Gasteiger partial charge is 0.487 e. The number of halogens is 3. The maximum Gasteiger partial charge on any atom is 0.390 e. The van der Waals surface area contributed by atoms with Gasteiger partial charge in [-0.05, 0) is 77.2 Å². The number of nitrogens with zero attached hydrogens (tertiary/aromatic N) is 6. The number of hydrogen-bond donors (Lipinski definition) is 3. The molecule has 0 bridgehead atoms. The molecule has 1 aromatic heterocycles. The minimum Gasteiger partial charge on any atom is -0.487 e. The first-order chi connectivity index (χ1) is 21.5. The number of nitriles is 1. The van der Waals surface area contributed by atoms with Crippen molar-refractivity contribution >= 4 is 18.5 Å². The summed E-state index contributed by atoms with van der Waals surface area (Å²) in [6.07, 6.45) is 3.68. The molecule has 2 heterocycles. The predicted molar refractivity (Wildman–Crippen MR) is 169 cm³/mol. The topological polar surface area (TPSA) is 160 Å². The van der Waals surface area contributed by atoms with Crippen molar-refractivity contribution in [1.29, 1.82) is 5.26 Å². The van der Waals surface area contributed by atoms with Crippen molar-refractivity contribution in [1.82, 2.24) is 14.9 Å². The molecule has 1 aliphatic heterocycles. The third-order valence-electron chi connectivity index (χ3n) is 6.91. The average molecular weight is 630 g/mol. The molecule has 3 rings (SSSR count). The minimum atomic E-state index is -4.14. The van der Waals surface area contributed by atoms with E-state index in [2.05, 4.69) is 26.3 Å². The lowest BCUT2D eigenvalue weighted by Gasteiger charge is -2.27. The molecule has 0 spiro atoms. The van der Waals surface area contributed by atoms with E-state index in [4.69, 9.17) is 25.9 Å². The molecule has 244 valence electrons. The number of rotatable bonds is 13. The summed E-state index contributed by atoms with van der Waals surface area (Å²) in [5.74, 6) is 0.819. The number of aliphatic imine (C=N–C) groups is 2. The van der Waals surface area contributed by atoms with Crippen LogP contribution in [0.1, 0.15) is 58.4 Å². The summed E-state index contributed by atoms with van der Waals surface area (Å²) in [6.45, 7) is 7.14. The van der Waals surface area contributed by atoms with Crippen LogP contribution in [0.2, 0.25) is 0 Å². The first-order valence-electron chi connectivity index (χ1n) is 15.0. The zero-order chi connectivity index (χ0) is 32.8. The first kappa shape index (κ1) is 35.1. The normalized spacial score (nSPS) is 16.7. The molecule has 11 nitrogen and oxygen atoms in total. The summed E-state index contributed by atoms with van der Waals surface area (Å²) in [4.78, 5) is 19.5. The molecule has 1 atom stereocenters. The molecule has 0 radical (unpaired) electrons. The maximum atomic E-state index is 12.6. The number of likely N-dealkylation sites (tertiary alicyclic amines) is 1. The molecule has 0 unspecified atom stereocenters. The van der Waals surface area contributed by atoms with E-state index in [1.54, 1.807) is 36.8 Å². The lowest BCUT2D eigenvalue weighted by molar-refractivity contribution is -0.138. The highest BCUT2D eigenvalue weighted by atomic mass is 19.4. The Morgan fingerprint density at radius 2 is 1.87 bits per heavy atom. The molecule has 0 aliphatic carbocycles. The summed E-state index contributed by atoms with van der Waals surface area (Å²) in [6, 6.07) is 7.35. The van der Waals surface area contributed by atoms with Gasteiger partial charge in [-0.25, -0.2) is 9.97 Å². The summed E-state index contributed by atoms with van der Waals surface area (Å²) >= 11 is 0. The number of aromatic nitrogens is 2. The number of nitrogens with one attached hydrogen (secondary N) is 1. The van der Waals surface area contributed by atoms with Crippen LogP contribution in [0.5, 0.6) is 5.75 Å². The van der Waals surface area contributed by atoms with Gasteiger partial charge in [0.15, 0.2) is 0 Å². The second-order valence-corrected chi connectivity index (χ2v) is 11.1. The number of alkyl halides is 3. The van der Waals surface area contributed by atoms with E-state index >= 15 is 0 Å². The Morgan fingerprint density at radius 1 is 1.18 bits per heavy atom. The van der Waals surface area contributed by atoms with Crippen molar-refractivity contribution in [2.24, 2.45) is 21.5 Å². The second-order valence-electron chi connectivity index (χ2n) is 11.1. The lowest BCUT2D eigenvalue weighted by atomic mass is 10.0. The van der Waals surface area contributed by atoms with Crippen molar-refractivity contribution < 1.29 is 22.6 Å². The lowest BCUT2D eigenvalue weighted by Crippen LogP contribution is -2.32. The molecular weight excluding hydrogens is 587 g/mol. The second kappa shape index (κ2) is 17.2. The number of ether oxygens (including phenoxy) is 2. The van der Waals surface area contributed by atoms with Crippen molar-refractivity contribution in [3.8, 4) is 22.9 Å². The summed E-state index contributed by atoms with van der Waals surface area (Å²) < 4.78 is 49.5. The molecule has 14 heteroatoms. The van der Waals surface area contributed by atoms with Gasteiger partial charge < -0.3 is 31.2 Å². The van der Waals surface area contributed by atoms with Crippen LogP contribution in [0.3, 0.4) is 0 Å². The predicted octanol–water partition coefficient (Wildman–Crippen LogP) is 5.00. The van der Waals surface area contributed by atoms with Gasteiger partial charge in [-0.15, -0.1) is 0 Å². The Morgan fingerprint density at radius 3 is 2.47 bits per heavy atom. The fourth-order valence-electron chi connectivity index (χ4n) is 4.69. The van der Waals surface area contributed by atoms with Crippen molar-refractivity contribution in [2.45, 2.75) is 77.3 Å². The fraction of sp³-hybridized carbons (Fsp3) is 0.516. The van der Waals surface area contributed by atoms with Crippen molar-refractivity contribution in [2.75, 3.05) is 31.5 Å². The van der Waals surface area contributed by atoms with Crippen LogP contribution in [0.15, 0.2) is 52.2 Å². The number of nitrogens with two attached hydrogens (primary N) is 2. The van der Waals surface area contributed by atoms with Gasteiger partial charge in [0.05, 0.1) is 43.2 Å². The van der Waals surface area contributed by atoms with Gasteiger partial charge in [-0.1, -0.05) is 6.07 Å². The smallest absolute Gasteiger partial charge is 0.390 e. The van der Waals surface area contributed by atoms with Crippen LogP contribution in [0.4, 0.5) is 19.1 Å². The Kier molecular flexibility index (Phi) is 13.4. The van der Waals surface area contributed by atoms with Gasteiger partial charge in [-0.3, -0.25) is 9.98 Å². The molecule has 45 heavy (non-hydrogen) atoms. The summed E-state index contributed by atoms with van der Waals surface area (Å²) in [7, 11) is 0. The van der Waals surface area contributed by atoms with Crippen LogP contribution in [-0.4, -0.2) is 78.0 Å². The highest BCUT2D eigenvalue weighted by Gasteiger charge is 2.28. The summed E-state index contributed by atoms with van der Waals surface area (Å²) in [5, 5.41) is 12.6. The van der Waals surface area contributed by atoms with E-state index in [0.717, 1.165) is 31.2 Å². The zero-order valence-corrected chi connectivity index (χ0v) is 25.9. The minimum absolute atomic E-state index is 0.000616. The highest BCUT2D eigenvalue weighted by molar-refractivity contribution is 5.83. The molecule has 1 aliphatic rings. The molecule has 2 aromatic rings. The van der Waals surface area contributed by atoms with E-state index in [-0.39, 0.29) is 36.6 Å². The Bertz CT molecular complexity index is 1350. The van der Waals surface area contributed by atoms with E-state index in [9.17, 15) is 18.4 Å². The van der Waals surface area contributed by atoms with Crippen LogP contribution >= 0.6 is 0 Å². The monoisotopic (exact) mass is 629 g/mol. The molecule has 1 saturated heterocycles. The number of hydrogen-bond acceptors (Lipinski definition) is 10. The third-order valence-corrected chi connectivity index (χ3v) is 6.91.